The summed E-state index contributed by atoms with van der Waals surface area (Å²) in [6.45, 7) is 7.35. The molecule has 1 aromatic carbocycles. The normalized spacial score (nSPS) is 21.6. The molecule has 156 valence electrons. The molecule has 2 rings (SSSR count). The minimum absolute atomic E-state index is 0.0511. The molecule has 7 heteroatoms. The van der Waals surface area contributed by atoms with Crippen molar-refractivity contribution in [1.82, 2.24) is 5.32 Å². The van der Waals surface area contributed by atoms with Crippen LogP contribution in [-0.2, 0) is 16.8 Å². The van der Waals surface area contributed by atoms with Gasteiger partial charge < -0.3 is 26.2 Å². The number of aliphatic carboxylic acids is 1. The van der Waals surface area contributed by atoms with Crippen molar-refractivity contribution in [2.75, 3.05) is 0 Å². The van der Waals surface area contributed by atoms with Crippen LogP contribution in [0.5, 0.6) is 0 Å². The van der Waals surface area contributed by atoms with Gasteiger partial charge >= 0.3 is 13.1 Å². The monoisotopic (exact) mass is 390 g/mol. The third-order valence-electron chi connectivity index (χ3n) is 5.98. The van der Waals surface area contributed by atoms with Gasteiger partial charge in [0, 0.05) is 12.6 Å². The summed E-state index contributed by atoms with van der Waals surface area (Å²) in [5.41, 5.74) is 7.68. The van der Waals surface area contributed by atoms with Crippen LogP contribution in [0.4, 0.5) is 0 Å². The van der Waals surface area contributed by atoms with E-state index in [4.69, 9.17) is 15.8 Å². The number of carbonyl (C=O) groups is 1. The van der Waals surface area contributed by atoms with E-state index in [1.54, 1.807) is 0 Å². The zero-order valence-electron chi connectivity index (χ0n) is 17.3. The number of hydrogen-bond donors (Lipinski definition) is 5. The largest absolute Gasteiger partial charge is 0.480 e. The molecule has 28 heavy (non-hydrogen) atoms. The summed E-state index contributed by atoms with van der Waals surface area (Å²) in [4.78, 5) is 11.7. The van der Waals surface area contributed by atoms with Crippen LogP contribution in [0.25, 0.3) is 0 Å². The maximum Gasteiger partial charge on any atom is 0.451 e. The number of carboxylic acid groups (broad SMARTS) is 1. The molecular weight excluding hydrogens is 355 g/mol. The molecule has 6 nitrogen and oxygen atoms in total. The lowest BCUT2D eigenvalue weighted by Gasteiger charge is -2.45. The smallest absolute Gasteiger partial charge is 0.451 e. The van der Waals surface area contributed by atoms with Gasteiger partial charge in [0.2, 0.25) is 0 Å². The third-order valence-corrected chi connectivity index (χ3v) is 5.98. The summed E-state index contributed by atoms with van der Waals surface area (Å²) >= 11 is 0. The van der Waals surface area contributed by atoms with Gasteiger partial charge in [-0.25, -0.2) is 0 Å². The Morgan fingerprint density at radius 2 is 1.79 bits per heavy atom. The summed E-state index contributed by atoms with van der Waals surface area (Å²) in [6, 6.07) is 8.90. The van der Waals surface area contributed by atoms with E-state index in [0.29, 0.717) is 19.3 Å². The second kappa shape index (κ2) is 9.40. The number of nitrogens with one attached hydrogen (secondary N) is 1. The molecule has 1 saturated carbocycles. The standard InChI is InChI=1S/C21H35BN2O4/c1-20(2,3)16-8-6-15(7-9-16)14-24-18-12-17(13-18)21(23,19(25)26)10-4-5-11-22(27)28/h6-9,17-18,24,27-28H,4-5,10-14,23H2,1-3H3,(H,25,26). The van der Waals surface area contributed by atoms with E-state index in [9.17, 15) is 9.90 Å². The molecule has 0 bridgehead atoms. The predicted octanol–water partition coefficient (Wildman–Crippen LogP) is 2.28. The molecular formula is C21H35BN2O4. The summed E-state index contributed by atoms with van der Waals surface area (Å²) in [5, 5.41) is 30.9. The van der Waals surface area contributed by atoms with Crippen LogP contribution < -0.4 is 11.1 Å². The summed E-state index contributed by atoms with van der Waals surface area (Å²) in [5.74, 6) is -1.01. The Hall–Kier alpha value is -1.41. The number of hydrogen-bond acceptors (Lipinski definition) is 5. The Balaban J connectivity index is 1.79. The number of rotatable bonds is 10. The lowest BCUT2D eigenvalue weighted by atomic mass is 9.66. The highest BCUT2D eigenvalue weighted by Gasteiger charge is 2.48. The Kier molecular flexibility index (Phi) is 7.68. The fourth-order valence-electron chi connectivity index (χ4n) is 3.82. The van der Waals surface area contributed by atoms with Crippen LogP contribution in [0.1, 0.15) is 64.0 Å². The second-order valence-corrected chi connectivity index (χ2v) is 9.26. The lowest BCUT2D eigenvalue weighted by Crippen LogP contribution is -2.61. The van der Waals surface area contributed by atoms with E-state index in [1.165, 1.54) is 11.1 Å². The average molecular weight is 390 g/mol. The molecule has 1 fully saturated rings. The Morgan fingerprint density at radius 3 is 2.29 bits per heavy atom. The van der Waals surface area contributed by atoms with Crippen molar-refractivity contribution < 1.29 is 19.9 Å². The third kappa shape index (κ3) is 6.04. The Morgan fingerprint density at radius 1 is 1.18 bits per heavy atom. The van der Waals surface area contributed by atoms with Gasteiger partial charge in [-0.15, -0.1) is 0 Å². The molecule has 1 aliphatic rings. The zero-order valence-corrected chi connectivity index (χ0v) is 17.3. The first kappa shape index (κ1) is 22.9. The van der Waals surface area contributed by atoms with Crippen LogP contribution in [-0.4, -0.2) is 39.8 Å². The summed E-state index contributed by atoms with van der Waals surface area (Å²) in [7, 11) is -1.34. The highest BCUT2D eigenvalue weighted by Crippen LogP contribution is 2.38. The van der Waals surface area contributed by atoms with Crippen molar-refractivity contribution in [2.24, 2.45) is 11.7 Å². The fraction of sp³-hybridized carbons (Fsp3) is 0.667. The van der Waals surface area contributed by atoms with Crippen LogP contribution in [0.15, 0.2) is 24.3 Å². The maximum absolute atomic E-state index is 11.7. The van der Waals surface area contributed by atoms with E-state index in [0.717, 1.165) is 19.4 Å². The van der Waals surface area contributed by atoms with Gasteiger partial charge in [0.05, 0.1) is 0 Å². The van der Waals surface area contributed by atoms with Crippen LogP contribution in [0.3, 0.4) is 0 Å². The van der Waals surface area contributed by atoms with E-state index in [-0.39, 0.29) is 23.7 Å². The van der Waals surface area contributed by atoms with E-state index in [1.807, 2.05) is 0 Å². The molecule has 0 spiro atoms. The van der Waals surface area contributed by atoms with Crippen LogP contribution in [0.2, 0.25) is 6.32 Å². The average Bonchev–Trinajstić information content (AvgIpc) is 2.56. The summed E-state index contributed by atoms with van der Waals surface area (Å²) in [6.07, 6.45) is 3.26. The molecule has 0 aliphatic heterocycles. The van der Waals surface area contributed by atoms with Gasteiger partial charge in [0.25, 0.3) is 0 Å². The number of carboxylic acids is 1. The highest BCUT2D eigenvalue weighted by atomic mass is 16.4. The predicted molar refractivity (Wildman–Crippen MR) is 112 cm³/mol. The van der Waals surface area contributed by atoms with Crippen molar-refractivity contribution in [3.63, 3.8) is 0 Å². The number of benzene rings is 1. The minimum Gasteiger partial charge on any atom is -0.480 e. The molecule has 0 aromatic heterocycles. The lowest BCUT2D eigenvalue weighted by molar-refractivity contribution is -0.148. The molecule has 1 unspecified atom stereocenters. The quantitative estimate of drug-likeness (QED) is 0.309. The topological polar surface area (TPSA) is 116 Å². The van der Waals surface area contributed by atoms with Crippen molar-refractivity contribution in [2.45, 2.75) is 82.7 Å². The van der Waals surface area contributed by atoms with Crippen LogP contribution >= 0.6 is 0 Å². The first-order valence-corrected chi connectivity index (χ1v) is 10.2. The second-order valence-electron chi connectivity index (χ2n) is 9.26. The fourth-order valence-corrected chi connectivity index (χ4v) is 3.82. The molecule has 6 N–H and O–H groups in total. The van der Waals surface area contributed by atoms with Gasteiger partial charge in [-0.05, 0) is 48.0 Å². The molecule has 1 aliphatic carbocycles. The molecule has 1 atom stereocenters. The highest BCUT2D eigenvalue weighted by molar-refractivity contribution is 6.40. The van der Waals surface area contributed by atoms with Gasteiger partial charge in [-0.3, -0.25) is 4.79 Å². The molecule has 0 amide bonds. The van der Waals surface area contributed by atoms with Crippen LogP contribution in [0, 0.1) is 5.92 Å². The first-order chi connectivity index (χ1) is 13.0. The van der Waals surface area contributed by atoms with Crippen molar-refractivity contribution in [3.8, 4) is 0 Å². The summed E-state index contributed by atoms with van der Waals surface area (Å²) < 4.78 is 0. The molecule has 0 heterocycles. The zero-order chi connectivity index (χ0) is 20.9. The van der Waals surface area contributed by atoms with Gasteiger partial charge in [0.1, 0.15) is 5.54 Å². The number of nitrogens with two attached hydrogens (primary N) is 1. The van der Waals surface area contributed by atoms with E-state index >= 15 is 0 Å². The molecule has 0 saturated heterocycles. The maximum atomic E-state index is 11.7. The van der Waals surface area contributed by atoms with Crippen molar-refractivity contribution in [1.29, 1.82) is 0 Å². The SMILES string of the molecule is CC(C)(C)c1ccc(CNC2CC(C(N)(CCCCB(O)O)C(=O)O)C2)cc1. The van der Waals surface area contributed by atoms with Crippen molar-refractivity contribution >= 4 is 13.1 Å². The van der Waals surface area contributed by atoms with Gasteiger partial charge in [-0.1, -0.05) is 57.9 Å². The first-order valence-electron chi connectivity index (χ1n) is 10.2. The van der Waals surface area contributed by atoms with Gasteiger partial charge in [0.15, 0.2) is 0 Å². The number of unbranched alkanes of at least 4 members (excludes halogenated alkanes) is 1. The molecule has 1 aromatic rings. The van der Waals surface area contributed by atoms with Gasteiger partial charge in [-0.2, -0.15) is 0 Å². The minimum atomic E-state index is -1.34. The van der Waals surface area contributed by atoms with E-state index < -0.39 is 18.6 Å². The van der Waals surface area contributed by atoms with E-state index in [2.05, 4.69) is 50.4 Å². The van der Waals surface area contributed by atoms with Crippen molar-refractivity contribution in [3.05, 3.63) is 35.4 Å². The Labute approximate surface area is 168 Å². The molecule has 0 radical (unpaired) electrons. The Bertz CT molecular complexity index is 639.